The van der Waals surface area contributed by atoms with Crippen molar-refractivity contribution < 1.29 is 19.0 Å². The summed E-state index contributed by atoms with van der Waals surface area (Å²) >= 11 is 0. The van der Waals surface area contributed by atoms with Crippen LogP contribution in [-0.2, 0) is 19.0 Å². The van der Waals surface area contributed by atoms with Crippen molar-refractivity contribution in [2.75, 3.05) is 34.0 Å². The molecular formula is C17H27NO4. The number of ether oxygens (including phenoxy) is 3. The summed E-state index contributed by atoms with van der Waals surface area (Å²) in [7, 11) is 3.34. The second kappa shape index (κ2) is 7.40. The van der Waals surface area contributed by atoms with Crippen molar-refractivity contribution in [3.05, 3.63) is 24.3 Å². The molecule has 0 radical (unpaired) electrons. The Morgan fingerprint density at radius 2 is 2.00 bits per heavy atom. The maximum absolute atomic E-state index is 13.3. The lowest BCUT2D eigenvalue weighted by molar-refractivity contribution is -0.155. The van der Waals surface area contributed by atoms with E-state index in [9.17, 15) is 4.79 Å². The van der Waals surface area contributed by atoms with Crippen LogP contribution in [0.1, 0.15) is 26.2 Å². The van der Waals surface area contributed by atoms with Gasteiger partial charge in [0.25, 0.3) is 5.91 Å². The van der Waals surface area contributed by atoms with Gasteiger partial charge in [-0.15, -0.1) is 6.58 Å². The highest BCUT2D eigenvalue weighted by atomic mass is 16.5. The van der Waals surface area contributed by atoms with Gasteiger partial charge in [0.1, 0.15) is 0 Å². The average Bonchev–Trinajstić information content (AvgIpc) is 3.05. The lowest BCUT2D eigenvalue weighted by Crippen LogP contribution is -2.55. The number of hydrogen-bond acceptors (Lipinski definition) is 4. The number of hydrogen-bond donors (Lipinski definition) is 0. The van der Waals surface area contributed by atoms with E-state index >= 15 is 0 Å². The molecule has 0 aromatic carbocycles. The Bertz CT molecular complexity index is 434. The fraction of sp³-hybridized carbons (Fsp3) is 0.706. The van der Waals surface area contributed by atoms with Crippen molar-refractivity contribution in [3.8, 4) is 0 Å². The maximum atomic E-state index is 13.3. The fourth-order valence-corrected chi connectivity index (χ4v) is 3.54. The van der Waals surface area contributed by atoms with Gasteiger partial charge in [-0.1, -0.05) is 12.2 Å². The van der Waals surface area contributed by atoms with Crippen molar-refractivity contribution in [1.82, 2.24) is 4.90 Å². The van der Waals surface area contributed by atoms with Crippen LogP contribution in [0, 0.1) is 0 Å². The molecule has 1 fully saturated rings. The highest BCUT2D eigenvalue weighted by Crippen LogP contribution is 2.37. The zero-order valence-corrected chi connectivity index (χ0v) is 13.8. The highest BCUT2D eigenvalue weighted by Gasteiger charge is 2.50. The first-order valence-electron chi connectivity index (χ1n) is 7.83. The summed E-state index contributed by atoms with van der Waals surface area (Å²) in [6.07, 6.45) is 6.09. The lowest BCUT2D eigenvalue weighted by atomic mass is 9.90. The van der Waals surface area contributed by atoms with E-state index in [1.807, 2.05) is 17.9 Å². The van der Waals surface area contributed by atoms with E-state index in [0.717, 1.165) is 18.4 Å². The van der Waals surface area contributed by atoms with Crippen molar-refractivity contribution in [3.63, 3.8) is 0 Å². The Kier molecular flexibility index (Phi) is 5.78. The van der Waals surface area contributed by atoms with Crippen LogP contribution in [0.2, 0.25) is 0 Å². The Labute approximate surface area is 132 Å². The summed E-state index contributed by atoms with van der Waals surface area (Å²) < 4.78 is 16.5. The second-order valence-corrected chi connectivity index (χ2v) is 6.03. The third-order valence-corrected chi connectivity index (χ3v) is 4.71. The molecule has 0 saturated carbocycles. The van der Waals surface area contributed by atoms with Crippen LogP contribution in [0.4, 0.5) is 0 Å². The van der Waals surface area contributed by atoms with E-state index in [1.54, 1.807) is 20.3 Å². The van der Waals surface area contributed by atoms with Gasteiger partial charge in [-0.25, -0.2) is 0 Å². The normalized spacial score (nSPS) is 31.4. The molecule has 0 aromatic rings. The van der Waals surface area contributed by atoms with Crippen LogP contribution >= 0.6 is 0 Å². The van der Waals surface area contributed by atoms with Gasteiger partial charge in [0.15, 0.2) is 5.60 Å². The van der Waals surface area contributed by atoms with Crippen LogP contribution in [0.25, 0.3) is 0 Å². The Balaban J connectivity index is 2.29. The number of likely N-dealkylation sites (tertiary alicyclic amines) is 1. The Morgan fingerprint density at radius 3 is 2.41 bits per heavy atom. The van der Waals surface area contributed by atoms with Crippen LogP contribution in [0.15, 0.2) is 24.3 Å². The molecular weight excluding hydrogens is 282 g/mol. The number of methoxy groups -OCH3 is 2. The van der Waals surface area contributed by atoms with E-state index in [4.69, 9.17) is 14.2 Å². The minimum atomic E-state index is -0.899. The van der Waals surface area contributed by atoms with Crippen molar-refractivity contribution in [2.45, 2.75) is 43.9 Å². The van der Waals surface area contributed by atoms with E-state index in [1.165, 1.54) is 0 Å². The minimum Gasteiger partial charge on any atom is -0.383 e. The van der Waals surface area contributed by atoms with Crippen molar-refractivity contribution in [2.24, 2.45) is 0 Å². The average molecular weight is 309 g/mol. The number of rotatable bonds is 7. The van der Waals surface area contributed by atoms with E-state index < -0.39 is 5.60 Å². The van der Waals surface area contributed by atoms with Gasteiger partial charge in [0.05, 0.1) is 31.9 Å². The molecule has 5 nitrogen and oxygen atoms in total. The van der Waals surface area contributed by atoms with Crippen molar-refractivity contribution in [1.29, 1.82) is 0 Å². The third kappa shape index (κ3) is 2.98. The molecule has 22 heavy (non-hydrogen) atoms. The Hall–Kier alpha value is -1.17. The molecule has 0 spiro atoms. The fourth-order valence-electron chi connectivity index (χ4n) is 3.54. The number of amides is 1. The summed E-state index contributed by atoms with van der Waals surface area (Å²) in [6, 6.07) is 0.160. The zero-order valence-electron chi connectivity index (χ0n) is 13.8. The predicted molar refractivity (Wildman–Crippen MR) is 84.7 cm³/mol. The van der Waals surface area contributed by atoms with Crippen molar-refractivity contribution >= 4 is 5.91 Å². The zero-order chi connectivity index (χ0) is 16.2. The summed E-state index contributed by atoms with van der Waals surface area (Å²) in [6.45, 7) is 7.31. The van der Waals surface area contributed by atoms with Gasteiger partial charge in [-0.05, 0) is 25.3 Å². The molecule has 0 aromatic heterocycles. The second-order valence-electron chi connectivity index (χ2n) is 6.03. The molecule has 2 heterocycles. The summed E-state index contributed by atoms with van der Waals surface area (Å²) in [5.41, 5.74) is 0.0704. The smallest absolute Gasteiger partial charge is 0.260 e. The van der Waals surface area contributed by atoms with Gasteiger partial charge in [0.2, 0.25) is 0 Å². The molecule has 0 bridgehead atoms. The molecule has 3 atom stereocenters. The number of carbonyl (C=O) groups excluding carboxylic acids is 1. The first-order chi connectivity index (χ1) is 10.6. The first kappa shape index (κ1) is 17.2. The maximum Gasteiger partial charge on any atom is 0.260 e. The van der Waals surface area contributed by atoms with Crippen LogP contribution in [-0.4, -0.2) is 62.5 Å². The molecule has 2 aliphatic heterocycles. The van der Waals surface area contributed by atoms with E-state index in [0.29, 0.717) is 26.2 Å². The molecule has 1 amide bonds. The topological polar surface area (TPSA) is 48.0 Å². The number of carbonyl (C=O) groups is 1. The quantitative estimate of drug-likeness (QED) is 0.674. The molecule has 0 aliphatic carbocycles. The standard InChI is InChI=1S/C17H27NO4/c1-5-9-17(13(2)8-10-22-17)16(19)18-14(11-20-3)6-7-15(18)12-21-4/h5,8,14-15H,1,6-7,9-12H2,2-4H3/t14-,15-,17-/m0/s1. The SMILES string of the molecule is C=CC[C@]1(C(=O)N2[C@H](COC)CC[C@H]2COC)OCC=C1C. The summed E-state index contributed by atoms with van der Waals surface area (Å²) in [5.74, 6) is 0.0141. The molecule has 1 saturated heterocycles. The van der Waals surface area contributed by atoms with E-state index in [2.05, 4.69) is 6.58 Å². The first-order valence-corrected chi connectivity index (χ1v) is 7.83. The molecule has 0 unspecified atom stereocenters. The van der Waals surface area contributed by atoms with Gasteiger partial charge in [-0.2, -0.15) is 0 Å². The molecule has 0 N–H and O–H groups in total. The molecule has 5 heteroatoms. The molecule has 124 valence electrons. The van der Waals surface area contributed by atoms with Gasteiger partial charge in [-0.3, -0.25) is 4.79 Å². The predicted octanol–water partition coefficient (Wildman–Crippen LogP) is 1.93. The van der Waals surface area contributed by atoms with Gasteiger partial charge in [0, 0.05) is 20.6 Å². The summed E-state index contributed by atoms with van der Waals surface area (Å²) in [5, 5.41) is 0. The van der Waals surface area contributed by atoms with Crippen LogP contribution < -0.4 is 0 Å². The minimum absolute atomic E-state index is 0.0141. The van der Waals surface area contributed by atoms with Crippen LogP contribution in [0.3, 0.4) is 0 Å². The number of nitrogens with zero attached hydrogens (tertiary/aromatic N) is 1. The van der Waals surface area contributed by atoms with Gasteiger partial charge < -0.3 is 19.1 Å². The van der Waals surface area contributed by atoms with Crippen LogP contribution in [0.5, 0.6) is 0 Å². The molecule has 2 aliphatic rings. The lowest BCUT2D eigenvalue weighted by Gasteiger charge is -2.38. The molecule has 2 rings (SSSR count). The van der Waals surface area contributed by atoms with E-state index in [-0.39, 0.29) is 18.0 Å². The highest BCUT2D eigenvalue weighted by molar-refractivity contribution is 5.90. The largest absolute Gasteiger partial charge is 0.383 e. The van der Waals surface area contributed by atoms with Gasteiger partial charge >= 0.3 is 0 Å². The third-order valence-electron chi connectivity index (χ3n) is 4.71. The Morgan fingerprint density at radius 1 is 1.41 bits per heavy atom. The monoisotopic (exact) mass is 309 g/mol. The summed E-state index contributed by atoms with van der Waals surface area (Å²) in [4.78, 5) is 15.3.